The first-order chi connectivity index (χ1) is 9.49. The van der Waals surface area contributed by atoms with E-state index in [9.17, 15) is 0 Å². The number of aryl methyl sites for hydroxylation is 2. The molecular weight excluding hydrogens is 270 g/mol. The van der Waals surface area contributed by atoms with Crippen molar-refractivity contribution in [2.45, 2.75) is 53.4 Å². The SMILES string of the molecule is CCCC(CNCC(C)C)Cc1c(Cl)c(CC)nn1C. The summed E-state index contributed by atoms with van der Waals surface area (Å²) >= 11 is 6.45. The summed E-state index contributed by atoms with van der Waals surface area (Å²) in [6, 6.07) is 0. The Bertz CT molecular complexity index is 399. The largest absolute Gasteiger partial charge is 0.316 e. The van der Waals surface area contributed by atoms with E-state index in [4.69, 9.17) is 11.6 Å². The lowest BCUT2D eigenvalue weighted by molar-refractivity contribution is 0.413. The zero-order valence-corrected chi connectivity index (χ0v) is 14.4. The second-order valence-electron chi connectivity index (χ2n) is 6.10. The second-order valence-corrected chi connectivity index (χ2v) is 6.47. The van der Waals surface area contributed by atoms with E-state index in [1.165, 1.54) is 18.5 Å². The average Bonchev–Trinajstić information content (AvgIpc) is 2.65. The molecule has 0 spiro atoms. The van der Waals surface area contributed by atoms with Gasteiger partial charge in [-0.1, -0.05) is 45.7 Å². The molecule has 1 aromatic heterocycles. The van der Waals surface area contributed by atoms with Gasteiger partial charge in [0.1, 0.15) is 0 Å². The van der Waals surface area contributed by atoms with Crippen molar-refractivity contribution in [2.24, 2.45) is 18.9 Å². The van der Waals surface area contributed by atoms with E-state index in [-0.39, 0.29) is 0 Å². The molecule has 3 nitrogen and oxygen atoms in total. The maximum atomic E-state index is 6.45. The summed E-state index contributed by atoms with van der Waals surface area (Å²) in [6.07, 6.45) is 4.36. The van der Waals surface area contributed by atoms with Gasteiger partial charge < -0.3 is 5.32 Å². The lowest BCUT2D eigenvalue weighted by Gasteiger charge is -2.18. The highest BCUT2D eigenvalue weighted by molar-refractivity contribution is 6.31. The van der Waals surface area contributed by atoms with E-state index < -0.39 is 0 Å². The van der Waals surface area contributed by atoms with Crippen molar-refractivity contribution in [3.63, 3.8) is 0 Å². The summed E-state index contributed by atoms with van der Waals surface area (Å²) < 4.78 is 1.96. The van der Waals surface area contributed by atoms with Gasteiger partial charge in [0.25, 0.3) is 0 Å². The van der Waals surface area contributed by atoms with E-state index in [0.717, 1.165) is 36.6 Å². The fourth-order valence-electron chi connectivity index (χ4n) is 2.58. The van der Waals surface area contributed by atoms with Crippen LogP contribution in [0.1, 0.15) is 51.9 Å². The third kappa shape index (κ3) is 5.10. The van der Waals surface area contributed by atoms with Crippen molar-refractivity contribution in [1.29, 1.82) is 0 Å². The number of halogens is 1. The summed E-state index contributed by atoms with van der Waals surface area (Å²) in [5.74, 6) is 1.33. The number of nitrogens with one attached hydrogen (secondary N) is 1. The second kappa shape index (κ2) is 8.68. The molecule has 20 heavy (non-hydrogen) atoms. The minimum atomic E-state index is 0.636. The van der Waals surface area contributed by atoms with Crippen LogP contribution in [0.5, 0.6) is 0 Å². The maximum Gasteiger partial charge on any atom is 0.0849 e. The van der Waals surface area contributed by atoms with Gasteiger partial charge in [-0.2, -0.15) is 5.10 Å². The Morgan fingerprint density at radius 3 is 2.45 bits per heavy atom. The smallest absolute Gasteiger partial charge is 0.0849 e. The lowest BCUT2D eigenvalue weighted by Crippen LogP contribution is -2.28. The van der Waals surface area contributed by atoms with Crippen molar-refractivity contribution < 1.29 is 0 Å². The molecule has 1 N–H and O–H groups in total. The number of aromatic nitrogens is 2. The summed E-state index contributed by atoms with van der Waals surface area (Å²) in [5.41, 5.74) is 2.21. The molecule has 0 aliphatic rings. The lowest BCUT2D eigenvalue weighted by atomic mass is 9.97. The highest BCUT2D eigenvalue weighted by atomic mass is 35.5. The minimum absolute atomic E-state index is 0.636. The van der Waals surface area contributed by atoms with Crippen molar-refractivity contribution in [2.75, 3.05) is 13.1 Å². The first kappa shape index (κ1) is 17.5. The van der Waals surface area contributed by atoms with Crippen LogP contribution in [0.3, 0.4) is 0 Å². The zero-order valence-electron chi connectivity index (χ0n) is 13.7. The van der Waals surface area contributed by atoms with E-state index in [0.29, 0.717) is 11.8 Å². The molecule has 0 aliphatic carbocycles. The molecule has 1 heterocycles. The van der Waals surface area contributed by atoms with E-state index in [2.05, 4.69) is 38.1 Å². The molecule has 0 fully saturated rings. The Labute approximate surface area is 129 Å². The molecule has 1 unspecified atom stereocenters. The third-order valence-corrected chi connectivity index (χ3v) is 4.10. The Hall–Kier alpha value is -0.540. The average molecular weight is 300 g/mol. The van der Waals surface area contributed by atoms with Crippen LogP contribution >= 0.6 is 11.6 Å². The molecule has 0 amide bonds. The first-order valence-electron chi connectivity index (χ1n) is 7.90. The van der Waals surface area contributed by atoms with Crippen molar-refractivity contribution in [1.82, 2.24) is 15.1 Å². The molecule has 0 aliphatic heterocycles. The number of hydrogen-bond acceptors (Lipinski definition) is 2. The van der Waals surface area contributed by atoms with Gasteiger partial charge in [0.05, 0.1) is 16.4 Å². The van der Waals surface area contributed by atoms with Crippen LogP contribution in [0.2, 0.25) is 5.02 Å². The van der Waals surface area contributed by atoms with Gasteiger partial charge in [0.15, 0.2) is 0 Å². The first-order valence-corrected chi connectivity index (χ1v) is 8.28. The number of rotatable bonds is 9. The maximum absolute atomic E-state index is 6.45. The monoisotopic (exact) mass is 299 g/mol. The molecule has 0 bridgehead atoms. The topological polar surface area (TPSA) is 29.9 Å². The fraction of sp³-hybridized carbons (Fsp3) is 0.812. The van der Waals surface area contributed by atoms with Crippen molar-refractivity contribution in [3.8, 4) is 0 Å². The van der Waals surface area contributed by atoms with E-state index in [1.54, 1.807) is 0 Å². The molecule has 0 radical (unpaired) electrons. The Kier molecular flexibility index (Phi) is 7.60. The highest BCUT2D eigenvalue weighted by Crippen LogP contribution is 2.24. The predicted octanol–water partition coefficient (Wildman–Crippen LogP) is 3.84. The molecule has 1 aromatic rings. The molecule has 0 saturated carbocycles. The number of nitrogens with zero attached hydrogens (tertiary/aromatic N) is 2. The summed E-state index contributed by atoms with van der Waals surface area (Å²) in [4.78, 5) is 0. The summed E-state index contributed by atoms with van der Waals surface area (Å²) in [7, 11) is 2.00. The van der Waals surface area contributed by atoms with Crippen molar-refractivity contribution >= 4 is 11.6 Å². The van der Waals surface area contributed by atoms with Crippen molar-refractivity contribution in [3.05, 3.63) is 16.4 Å². The van der Waals surface area contributed by atoms with Crippen LogP contribution in [0, 0.1) is 11.8 Å². The van der Waals surface area contributed by atoms with Crippen LogP contribution in [-0.4, -0.2) is 22.9 Å². The van der Waals surface area contributed by atoms with Gasteiger partial charge in [-0.3, -0.25) is 4.68 Å². The fourth-order valence-corrected chi connectivity index (χ4v) is 2.95. The molecule has 0 saturated heterocycles. The van der Waals surface area contributed by atoms with Gasteiger partial charge in [-0.25, -0.2) is 0 Å². The molecule has 1 rings (SSSR count). The van der Waals surface area contributed by atoms with Gasteiger partial charge >= 0.3 is 0 Å². The predicted molar refractivity (Wildman–Crippen MR) is 87.4 cm³/mol. The minimum Gasteiger partial charge on any atom is -0.316 e. The van der Waals surface area contributed by atoms with Crippen LogP contribution in [0.4, 0.5) is 0 Å². The summed E-state index contributed by atoms with van der Waals surface area (Å²) in [6.45, 7) is 11.0. The Balaban J connectivity index is 2.67. The molecular formula is C16H30ClN3. The third-order valence-electron chi connectivity index (χ3n) is 3.67. The molecule has 116 valence electrons. The van der Waals surface area contributed by atoms with Gasteiger partial charge in [-0.15, -0.1) is 0 Å². The standard InChI is InChI=1S/C16H30ClN3/c1-6-8-13(11-18-10-12(3)4)9-15-16(17)14(7-2)19-20(15)5/h12-13,18H,6-11H2,1-5H3. The van der Waals surface area contributed by atoms with Gasteiger partial charge in [0.2, 0.25) is 0 Å². The highest BCUT2D eigenvalue weighted by Gasteiger charge is 2.17. The summed E-state index contributed by atoms with van der Waals surface area (Å²) in [5, 5.41) is 8.97. The molecule has 0 aromatic carbocycles. The van der Waals surface area contributed by atoms with E-state index in [1.807, 2.05) is 11.7 Å². The van der Waals surface area contributed by atoms with Crippen LogP contribution in [-0.2, 0) is 19.9 Å². The van der Waals surface area contributed by atoms with E-state index >= 15 is 0 Å². The van der Waals surface area contributed by atoms with Gasteiger partial charge in [0, 0.05) is 7.05 Å². The van der Waals surface area contributed by atoms with Crippen LogP contribution in [0.25, 0.3) is 0 Å². The molecule has 4 heteroatoms. The zero-order chi connectivity index (χ0) is 15.1. The van der Waals surface area contributed by atoms with Crippen LogP contribution in [0.15, 0.2) is 0 Å². The van der Waals surface area contributed by atoms with Crippen LogP contribution < -0.4 is 5.32 Å². The van der Waals surface area contributed by atoms with Gasteiger partial charge in [-0.05, 0) is 44.2 Å². The quantitative estimate of drug-likeness (QED) is 0.751. The molecule has 1 atom stereocenters. The number of hydrogen-bond donors (Lipinski definition) is 1. The Morgan fingerprint density at radius 2 is 1.95 bits per heavy atom. The Morgan fingerprint density at radius 1 is 1.25 bits per heavy atom. The normalized spacial score (nSPS) is 13.2.